The smallest absolute Gasteiger partial charge is 0.255 e. The highest BCUT2D eigenvalue weighted by Crippen LogP contribution is 2.21. The molecule has 0 saturated carbocycles. The first-order valence-electron chi connectivity index (χ1n) is 8.42. The van der Waals surface area contributed by atoms with Crippen molar-refractivity contribution in [3.8, 4) is 0 Å². The molecule has 0 aromatic heterocycles. The number of hydrogen-bond acceptors (Lipinski definition) is 2. The number of hydrogen-bond donors (Lipinski definition) is 1. The van der Waals surface area contributed by atoms with Gasteiger partial charge in [0.1, 0.15) is 0 Å². The molecule has 0 unspecified atom stereocenters. The van der Waals surface area contributed by atoms with Gasteiger partial charge in [-0.2, -0.15) is 0 Å². The fourth-order valence-corrected chi connectivity index (χ4v) is 3.09. The van der Waals surface area contributed by atoms with Gasteiger partial charge in [-0.3, -0.25) is 9.59 Å². The number of nitrogens with one attached hydrogen (secondary N) is 1. The standard InChI is InChI=1S/C20H22N2O2/c1-15-8-5-6-13-22(15)20(24)17-11-7-12-18(14-17)21-19(23)16-9-3-2-4-10-16/h2-4,7,9-12,14-15H,5-6,8,13H2,1H3,(H,21,23)/t15-/m1/s1. The third-order valence-corrected chi connectivity index (χ3v) is 4.47. The van der Waals surface area contributed by atoms with Gasteiger partial charge in [0.05, 0.1) is 0 Å². The van der Waals surface area contributed by atoms with Crippen molar-refractivity contribution >= 4 is 17.5 Å². The van der Waals surface area contributed by atoms with Crippen molar-refractivity contribution < 1.29 is 9.59 Å². The lowest BCUT2D eigenvalue weighted by molar-refractivity contribution is 0.0635. The molecule has 0 radical (unpaired) electrons. The summed E-state index contributed by atoms with van der Waals surface area (Å²) in [5.74, 6) is -0.135. The summed E-state index contributed by atoms with van der Waals surface area (Å²) in [4.78, 5) is 26.9. The molecule has 124 valence electrons. The molecule has 1 N–H and O–H groups in total. The van der Waals surface area contributed by atoms with Gasteiger partial charge in [0.2, 0.25) is 0 Å². The van der Waals surface area contributed by atoms with Gasteiger partial charge in [0, 0.05) is 29.4 Å². The number of piperidine rings is 1. The van der Waals surface area contributed by atoms with Crippen LogP contribution >= 0.6 is 0 Å². The van der Waals surface area contributed by atoms with Gasteiger partial charge < -0.3 is 10.2 Å². The number of nitrogens with zero attached hydrogens (tertiary/aromatic N) is 1. The summed E-state index contributed by atoms with van der Waals surface area (Å²) in [7, 11) is 0. The van der Waals surface area contributed by atoms with Crippen LogP contribution in [0.1, 0.15) is 46.9 Å². The van der Waals surface area contributed by atoms with Crippen molar-refractivity contribution in [3.05, 3.63) is 65.7 Å². The summed E-state index contributed by atoms with van der Waals surface area (Å²) in [6.45, 7) is 2.90. The van der Waals surface area contributed by atoms with Gasteiger partial charge in [-0.05, 0) is 56.5 Å². The molecule has 1 saturated heterocycles. The van der Waals surface area contributed by atoms with Gasteiger partial charge in [-0.25, -0.2) is 0 Å². The van der Waals surface area contributed by atoms with Crippen molar-refractivity contribution in [2.75, 3.05) is 11.9 Å². The first kappa shape index (κ1) is 16.2. The molecule has 1 atom stereocenters. The molecule has 1 aliphatic rings. The van der Waals surface area contributed by atoms with E-state index in [9.17, 15) is 9.59 Å². The van der Waals surface area contributed by atoms with Crippen molar-refractivity contribution in [1.29, 1.82) is 0 Å². The summed E-state index contributed by atoms with van der Waals surface area (Å²) in [6.07, 6.45) is 3.29. The normalized spacial score (nSPS) is 17.4. The van der Waals surface area contributed by atoms with Crippen LogP contribution in [0.4, 0.5) is 5.69 Å². The Kier molecular flexibility index (Phi) is 4.94. The van der Waals surface area contributed by atoms with E-state index in [1.54, 1.807) is 24.3 Å². The van der Waals surface area contributed by atoms with E-state index in [0.29, 0.717) is 16.8 Å². The number of likely N-dealkylation sites (tertiary alicyclic amines) is 1. The minimum Gasteiger partial charge on any atom is -0.336 e. The van der Waals surface area contributed by atoms with Crippen LogP contribution < -0.4 is 5.32 Å². The number of carbonyl (C=O) groups is 2. The average molecular weight is 322 g/mol. The third-order valence-electron chi connectivity index (χ3n) is 4.47. The monoisotopic (exact) mass is 322 g/mol. The van der Waals surface area contributed by atoms with Gasteiger partial charge in [-0.1, -0.05) is 24.3 Å². The van der Waals surface area contributed by atoms with Crippen molar-refractivity contribution in [2.24, 2.45) is 0 Å². The van der Waals surface area contributed by atoms with E-state index in [4.69, 9.17) is 0 Å². The highest BCUT2D eigenvalue weighted by Gasteiger charge is 2.24. The maximum absolute atomic E-state index is 12.7. The van der Waals surface area contributed by atoms with Crippen molar-refractivity contribution in [2.45, 2.75) is 32.2 Å². The molecule has 2 aromatic carbocycles. The Labute approximate surface area is 142 Å². The molecule has 0 aliphatic carbocycles. The molecule has 4 heteroatoms. The fourth-order valence-electron chi connectivity index (χ4n) is 3.09. The average Bonchev–Trinajstić information content (AvgIpc) is 2.62. The van der Waals surface area contributed by atoms with Crippen LogP contribution in [0.25, 0.3) is 0 Å². The quantitative estimate of drug-likeness (QED) is 0.930. The Morgan fingerprint density at radius 1 is 1.00 bits per heavy atom. The molecule has 1 fully saturated rings. The molecule has 2 amide bonds. The molecule has 3 rings (SSSR count). The second-order valence-corrected chi connectivity index (χ2v) is 6.24. The van der Waals surface area contributed by atoms with Gasteiger partial charge in [-0.15, -0.1) is 0 Å². The highest BCUT2D eigenvalue weighted by molar-refractivity contribution is 6.05. The van der Waals surface area contributed by atoms with Crippen LogP contribution in [0.3, 0.4) is 0 Å². The minimum absolute atomic E-state index is 0.0398. The largest absolute Gasteiger partial charge is 0.336 e. The van der Waals surface area contributed by atoms with Crippen LogP contribution in [-0.4, -0.2) is 29.3 Å². The minimum atomic E-state index is -0.175. The molecule has 2 aromatic rings. The molecule has 4 nitrogen and oxygen atoms in total. The van der Waals surface area contributed by atoms with Crippen LogP contribution in [0, 0.1) is 0 Å². The van der Waals surface area contributed by atoms with Crippen LogP contribution in [0.5, 0.6) is 0 Å². The van der Waals surface area contributed by atoms with E-state index in [-0.39, 0.29) is 17.9 Å². The molecule has 1 heterocycles. The highest BCUT2D eigenvalue weighted by atomic mass is 16.2. The number of anilines is 1. The Morgan fingerprint density at radius 2 is 1.75 bits per heavy atom. The van der Waals surface area contributed by atoms with Crippen LogP contribution in [0.15, 0.2) is 54.6 Å². The Morgan fingerprint density at radius 3 is 2.50 bits per heavy atom. The predicted molar refractivity (Wildman–Crippen MR) is 95.2 cm³/mol. The summed E-state index contributed by atoms with van der Waals surface area (Å²) in [5.41, 5.74) is 1.85. The first-order chi connectivity index (χ1) is 11.6. The molecular weight excluding hydrogens is 300 g/mol. The Hall–Kier alpha value is -2.62. The predicted octanol–water partition coefficient (Wildman–Crippen LogP) is 3.95. The molecule has 1 aliphatic heterocycles. The maximum Gasteiger partial charge on any atom is 0.255 e. The fraction of sp³-hybridized carbons (Fsp3) is 0.300. The first-order valence-corrected chi connectivity index (χ1v) is 8.42. The van der Waals surface area contributed by atoms with Crippen molar-refractivity contribution in [3.63, 3.8) is 0 Å². The number of amides is 2. The zero-order valence-electron chi connectivity index (χ0n) is 13.9. The van der Waals surface area contributed by atoms with Gasteiger partial charge >= 0.3 is 0 Å². The lowest BCUT2D eigenvalue weighted by Gasteiger charge is -2.33. The zero-order chi connectivity index (χ0) is 16.9. The lowest BCUT2D eigenvalue weighted by atomic mass is 10.0. The second-order valence-electron chi connectivity index (χ2n) is 6.24. The topological polar surface area (TPSA) is 49.4 Å². The summed E-state index contributed by atoms with van der Waals surface area (Å²) >= 11 is 0. The molecule has 0 bridgehead atoms. The summed E-state index contributed by atoms with van der Waals surface area (Å²) in [5, 5.41) is 2.86. The number of rotatable bonds is 3. The molecule has 0 spiro atoms. The van der Waals surface area contributed by atoms with E-state index in [1.807, 2.05) is 35.2 Å². The SMILES string of the molecule is C[C@@H]1CCCCN1C(=O)c1cccc(NC(=O)c2ccccc2)c1. The van der Waals surface area contributed by atoms with Crippen LogP contribution in [-0.2, 0) is 0 Å². The molecule has 24 heavy (non-hydrogen) atoms. The lowest BCUT2D eigenvalue weighted by Crippen LogP contribution is -2.42. The maximum atomic E-state index is 12.7. The van der Waals surface area contributed by atoms with E-state index >= 15 is 0 Å². The van der Waals surface area contributed by atoms with E-state index in [1.165, 1.54) is 6.42 Å². The zero-order valence-corrected chi connectivity index (χ0v) is 13.9. The van der Waals surface area contributed by atoms with Gasteiger partial charge in [0.15, 0.2) is 0 Å². The van der Waals surface area contributed by atoms with E-state index in [2.05, 4.69) is 12.2 Å². The molecular formula is C20H22N2O2. The number of benzene rings is 2. The second kappa shape index (κ2) is 7.30. The Balaban J connectivity index is 1.74. The van der Waals surface area contributed by atoms with Crippen LogP contribution in [0.2, 0.25) is 0 Å². The summed E-state index contributed by atoms with van der Waals surface area (Å²) < 4.78 is 0. The number of carbonyl (C=O) groups excluding carboxylic acids is 2. The van der Waals surface area contributed by atoms with Gasteiger partial charge in [0.25, 0.3) is 11.8 Å². The Bertz CT molecular complexity index is 727. The van der Waals surface area contributed by atoms with Crippen molar-refractivity contribution in [1.82, 2.24) is 4.90 Å². The third kappa shape index (κ3) is 3.65. The summed E-state index contributed by atoms with van der Waals surface area (Å²) in [6, 6.07) is 16.5. The van der Waals surface area contributed by atoms with E-state index < -0.39 is 0 Å². The van der Waals surface area contributed by atoms with E-state index in [0.717, 1.165) is 19.4 Å².